The summed E-state index contributed by atoms with van der Waals surface area (Å²) < 4.78 is 1.02. The van der Waals surface area contributed by atoms with Crippen molar-refractivity contribution in [1.29, 1.82) is 0 Å². The highest BCUT2D eigenvalue weighted by Gasteiger charge is 2.04. The Labute approximate surface area is 113 Å². The molecule has 0 unspecified atom stereocenters. The first kappa shape index (κ1) is 12.5. The van der Waals surface area contributed by atoms with Crippen molar-refractivity contribution >= 4 is 33.0 Å². The Morgan fingerprint density at radius 3 is 2.82 bits per heavy atom. The first-order valence-corrected chi connectivity index (χ1v) is 6.97. The number of nitrogens with zero attached hydrogens (tertiary/aromatic N) is 2. The zero-order chi connectivity index (χ0) is 12.3. The summed E-state index contributed by atoms with van der Waals surface area (Å²) in [6.45, 7) is 1.72. The minimum atomic E-state index is 0.788. The summed E-state index contributed by atoms with van der Waals surface area (Å²) in [6.07, 6.45) is 0. The number of benzene rings is 1. The number of anilines is 1. The molecule has 5 heteroatoms. The Balaban J connectivity index is 2.00. The van der Waals surface area contributed by atoms with Crippen molar-refractivity contribution in [2.75, 3.05) is 12.8 Å². The largest absolute Gasteiger partial charge is 0.399 e. The van der Waals surface area contributed by atoms with Gasteiger partial charge in [-0.05, 0) is 30.8 Å². The highest BCUT2D eigenvalue weighted by molar-refractivity contribution is 9.10. The molecule has 90 valence electrons. The first-order valence-electron chi connectivity index (χ1n) is 5.24. The summed E-state index contributed by atoms with van der Waals surface area (Å²) in [6, 6.07) is 6.00. The molecule has 1 aromatic carbocycles. The number of hydrogen-bond donors (Lipinski definition) is 1. The molecule has 17 heavy (non-hydrogen) atoms. The molecule has 1 heterocycles. The third-order valence-electron chi connectivity index (χ3n) is 2.35. The van der Waals surface area contributed by atoms with Crippen molar-refractivity contribution in [2.24, 2.45) is 0 Å². The number of aromatic nitrogens is 1. The van der Waals surface area contributed by atoms with Crippen LogP contribution in [-0.4, -0.2) is 16.9 Å². The average Bonchev–Trinajstić information content (AvgIpc) is 2.67. The fourth-order valence-electron chi connectivity index (χ4n) is 1.73. The maximum atomic E-state index is 5.81. The minimum Gasteiger partial charge on any atom is -0.399 e. The lowest BCUT2D eigenvalue weighted by Crippen LogP contribution is -2.17. The predicted molar refractivity (Wildman–Crippen MR) is 75.8 cm³/mol. The third kappa shape index (κ3) is 3.80. The van der Waals surface area contributed by atoms with Crippen LogP contribution in [0.1, 0.15) is 11.3 Å². The van der Waals surface area contributed by atoms with Gasteiger partial charge in [-0.2, -0.15) is 0 Å². The Morgan fingerprint density at radius 2 is 2.18 bits per heavy atom. The number of thiazole rings is 1. The molecule has 0 amide bonds. The smallest absolute Gasteiger partial charge is 0.0795 e. The van der Waals surface area contributed by atoms with Gasteiger partial charge in [0, 0.05) is 28.6 Å². The molecule has 0 saturated heterocycles. The lowest BCUT2D eigenvalue weighted by molar-refractivity contribution is 0.316. The Hall–Kier alpha value is -0.910. The fourth-order valence-corrected chi connectivity index (χ4v) is 2.83. The standard InChI is InChI=1S/C12H14BrN3S/c1-16(6-12-7-17-8-15-12)5-9-2-10(13)4-11(14)3-9/h2-4,7-8H,5-6,14H2,1H3. The zero-order valence-electron chi connectivity index (χ0n) is 9.56. The van der Waals surface area contributed by atoms with Crippen LogP contribution in [0.3, 0.4) is 0 Å². The Morgan fingerprint density at radius 1 is 1.35 bits per heavy atom. The van der Waals surface area contributed by atoms with E-state index in [1.54, 1.807) is 11.3 Å². The van der Waals surface area contributed by atoms with Crippen LogP contribution in [-0.2, 0) is 13.1 Å². The quantitative estimate of drug-likeness (QED) is 0.882. The summed E-state index contributed by atoms with van der Waals surface area (Å²) in [5, 5.41) is 2.08. The number of halogens is 1. The second-order valence-corrected chi connectivity index (χ2v) is 5.68. The van der Waals surface area contributed by atoms with Gasteiger partial charge < -0.3 is 5.73 Å². The number of nitrogens with two attached hydrogens (primary N) is 1. The SMILES string of the molecule is CN(Cc1cc(N)cc(Br)c1)Cc1cscn1. The Bertz CT molecular complexity index is 464. The molecular weight excluding hydrogens is 298 g/mol. The van der Waals surface area contributed by atoms with Crippen LogP contribution < -0.4 is 5.73 Å². The van der Waals surface area contributed by atoms with E-state index in [0.717, 1.165) is 28.9 Å². The molecule has 1 aromatic heterocycles. The molecule has 2 rings (SSSR count). The lowest BCUT2D eigenvalue weighted by Gasteiger charge is -2.15. The van der Waals surface area contributed by atoms with Crippen molar-refractivity contribution in [3.05, 3.63) is 44.8 Å². The zero-order valence-corrected chi connectivity index (χ0v) is 12.0. The van der Waals surface area contributed by atoms with Gasteiger partial charge in [0.1, 0.15) is 0 Å². The summed E-state index contributed by atoms with van der Waals surface area (Å²) in [7, 11) is 2.08. The topological polar surface area (TPSA) is 42.1 Å². The van der Waals surface area contributed by atoms with Crippen LogP contribution in [0, 0.1) is 0 Å². The maximum Gasteiger partial charge on any atom is 0.0795 e. The van der Waals surface area contributed by atoms with Crippen molar-refractivity contribution in [1.82, 2.24) is 9.88 Å². The van der Waals surface area contributed by atoms with Gasteiger partial charge in [-0.3, -0.25) is 4.90 Å². The summed E-state index contributed by atoms with van der Waals surface area (Å²) in [5.41, 5.74) is 10.8. The van der Waals surface area contributed by atoms with Crippen LogP contribution in [0.4, 0.5) is 5.69 Å². The number of rotatable bonds is 4. The highest BCUT2D eigenvalue weighted by atomic mass is 79.9. The summed E-state index contributed by atoms with van der Waals surface area (Å²) in [5.74, 6) is 0. The lowest BCUT2D eigenvalue weighted by atomic mass is 10.2. The van der Waals surface area contributed by atoms with E-state index in [-0.39, 0.29) is 0 Å². The molecule has 0 aliphatic heterocycles. The van der Waals surface area contributed by atoms with Crippen LogP contribution in [0.15, 0.2) is 33.6 Å². The molecule has 0 radical (unpaired) electrons. The highest BCUT2D eigenvalue weighted by Crippen LogP contribution is 2.18. The molecule has 2 N–H and O–H groups in total. The van der Waals surface area contributed by atoms with Gasteiger partial charge in [-0.1, -0.05) is 15.9 Å². The van der Waals surface area contributed by atoms with Gasteiger partial charge in [-0.25, -0.2) is 4.98 Å². The van der Waals surface area contributed by atoms with E-state index in [1.165, 1.54) is 5.56 Å². The molecular formula is C12H14BrN3S. The number of hydrogen-bond acceptors (Lipinski definition) is 4. The van der Waals surface area contributed by atoms with Gasteiger partial charge in [0.25, 0.3) is 0 Å². The van der Waals surface area contributed by atoms with E-state index in [4.69, 9.17) is 5.73 Å². The monoisotopic (exact) mass is 311 g/mol. The molecule has 2 aromatic rings. The van der Waals surface area contributed by atoms with Gasteiger partial charge in [0.15, 0.2) is 0 Å². The molecule has 0 spiro atoms. The van der Waals surface area contributed by atoms with E-state index >= 15 is 0 Å². The average molecular weight is 312 g/mol. The predicted octanol–water partition coefficient (Wildman–Crippen LogP) is 3.12. The van der Waals surface area contributed by atoms with Gasteiger partial charge >= 0.3 is 0 Å². The first-order chi connectivity index (χ1) is 8.13. The van der Waals surface area contributed by atoms with E-state index in [1.807, 2.05) is 17.6 Å². The molecule has 3 nitrogen and oxygen atoms in total. The Kier molecular flexibility index (Phi) is 4.15. The van der Waals surface area contributed by atoms with Crippen LogP contribution in [0.25, 0.3) is 0 Å². The van der Waals surface area contributed by atoms with E-state index < -0.39 is 0 Å². The molecule has 0 aliphatic rings. The van der Waals surface area contributed by atoms with Crippen molar-refractivity contribution in [3.8, 4) is 0 Å². The summed E-state index contributed by atoms with van der Waals surface area (Å²) in [4.78, 5) is 6.49. The second kappa shape index (κ2) is 5.62. The van der Waals surface area contributed by atoms with E-state index in [0.29, 0.717) is 0 Å². The summed E-state index contributed by atoms with van der Waals surface area (Å²) >= 11 is 5.08. The van der Waals surface area contributed by atoms with Crippen LogP contribution >= 0.6 is 27.3 Å². The van der Waals surface area contributed by atoms with Gasteiger partial charge in [0.05, 0.1) is 11.2 Å². The molecule has 0 fully saturated rings. The normalized spacial score (nSPS) is 11.0. The third-order valence-corrected chi connectivity index (χ3v) is 3.44. The van der Waals surface area contributed by atoms with E-state index in [2.05, 4.69) is 44.3 Å². The molecule has 0 atom stereocenters. The molecule has 0 saturated carbocycles. The van der Waals surface area contributed by atoms with Crippen LogP contribution in [0.5, 0.6) is 0 Å². The van der Waals surface area contributed by atoms with Gasteiger partial charge in [-0.15, -0.1) is 11.3 Å². The molecule has 0 bridgehead atoms. The minimum absolute atomic E-state index is 0.788. The van der Waals surface area contributed by atoms with E-state index in [9.17, 15) is 0 Å². The second-order valence-electron chi connectivity index (χ2n) is 4.04. The van der Waals surface area contributed by atoms with Gasteiger partial charge in [0.2, 0.25) is 0 Å². The fraction of sp³-hybridized carbons (Fsp3) is 0.250. The van der Waals surface area contributed by atoms with Crippen molar-refractivity contribution < 1.29 is 0 Å². The number of nitrogen functional groups attached to an aromatic ring is 1. The van der Waals surface area contributed by atoms with Crippen molar-refractivity contribution in [3.63, 3.8) is 0 Å². The molecule has 0 aliphatic carbocycles. The van der Waals surface area contributed by atoms with Crippen molar-refractivity contribution in [2.45, 2.75) is 13.1 Å². The maximum absolute atomic E-state index is 5.81. The van der Waals surface area contributed by atoms with Crippen LogP contribution in [0.2, 0.25) is 0 Å².